The molecule has 1 saturated heterocycles. The van der Waals surface area contributed by atoms with Crippen LogP contribution in [0.25, 0.3) is 11.3 Å². The van der Waals surface area contributed by atoms with E-state index in [2.05, 4.69) is 5.10 Å². The van der Waals surface area contributed by atoms with E-state index in [4.69, 9.17) is 0 Å². The van der Waals surface area contributed by atoms with Gasteiger partial charge in [-0.3, -0.25) is 9.89 Å². The van der Waals surface area contributed by atoms with Crippen molar-refractivity contribution in [1.82, 2.24) is 9.78 Å². The van der Waals surface area contributed by atoms with Gasteiger partial charge in [-0.1, -0.05) is 30.3 Å². The molecule has 1 aliphatic heterocycles. The Morgan fingerprint density at radius 2 is 1.95 bits per heavy atom. The molecule has 1 aromatic carbocycles. The fourth-order valence-electron chi connectivity index (χ4n) is 2.66. The van der Waals surface area contributed by atoms with Crippen LogP contribution in [0.1, 0.15) is 18.0 Å². The molecule has 1 unspecified atom stereocenters. The van der Waals surface area contributed by atoms with E-state index in [9.17, 15) is 13.2 Å². The topological polar surface area (TPSA) is 71.9 Å². The van der Waals surface area contributed by atoms with Gasteiger partial charge in [-0.2, -0.15) is 0 Å². The van der Waals surface area contributed by atoms with Crippen molar-refractivity contribution in [2.45, 2.75) is 19.4 Å². The van der Waals surface area contributed by atoms with Crippen LogP contribution >= 0.6 is 0 Å². The fraction of sp³-hybridized carbons (Fsp3) is 0.357. The molecule has 2 heterocycles. The Balaban J connectivity index is 2.05. The standard InChI is InChI=1S/C14H16N2O3S/c1-10-13(11-5-3-2-4-6-11)15-16(14(10)17)12-7-8-20(18,19)9-12/h2-6,12,15H,7-9H2,1H3. The van der Waals surface area contributed by atoms with Gasteiger partial charge in [0.05, 0.1) is 23.2 Å². The van der Waals surface area contributed by atoms with E-state index in [0.29, 0.717) is 12.0 Å². The van der Waals surface area contributed by atoms with Crippen LogP contribution in [-0.2, 0) is 9.84 Å². The van der Waals surface area contributed by atoms with E-state index in [1.165, 1.54) is 4.68 Å². The number of aromatic amines is 1. The summed E-state index contributed by atoms with van der Waals surface area (Å²) in [7, 11) is -3.01. The number of hydrogen-bond donors (Lipinski definition) is 1. The first-order valence-corrected chi connectivity index (χ1v) is 8.37. The van der Waals surface area contributed by atoms with Crippen LogP contribution < -0.4 is 5.56 Å². The van der Waals surface area contributed by atoms with E-state index in [1.54, 1.807) is 6.92 Å². The molecule has 1 fully saturated rings. The van der Waals surface area contributed by atoms with E-state index in [0.717, 1.165) is 11.3 Å². The highest BCUT2D eigenvalue weighted by Crippen LogP contribution is 2.25. The average Bonchev–Trinajstić information content (AvgIpc) is 2.93. The predicted octanol–water partition coefficient (Wildman–Crippen LogP) is 1.51. The lowest BCUT2D eigenvalue weighted by Gasteiger charge is -2.08. The van der Waals surface area contributed by atoms with Gasteiger partial charge in [0.1, 0.15) is 0 Å². The van der Waals surface area contributed by atoms with Crippen molar-refractivity contribution in [3.63, 3.8) is 0 Å². The Hall–Kier alpha value is -1.82. The summed E-state index contributed by atoms with van der Waals surface area (Å²) < 4.78 is 24.6. The second-order valence-corrected chi connectivity index (χ2v) is 7.44. The zero-order valence-corrected chi connectivity index (χ0v) is 12.0. The van der Waals surface area contributed by atoms with Crippen LogP contribution in [-0.4, -0.2) is 29.7 Å². The Morgan fingerprint density at radius 1 is 1.25 bits per heavy atom. The first-order chi connectivity index (χ1) is 9.48. The lowest BCUT2D eigenvalue weighted by Crippen LogP contribution is -2.24. The highest BCUT2D eigenvalue weighted by Gasteiger charge is 2.31. The minimum Gasteiger partial charge on any atom is -0.294 e. The lowest BCUT2D eigenvalue weighted by atomic mass is 10.1. The van der Waals surface area contributed by atoms with Crippen LogP contribution in [0.2, 0.25) is 0 Å². The lowest BCUT2D eigenvalue weighted by molar-refractivity contribution is 0.487. The highest BCUT2D eigenvalue weighted by molar-refractivity contribution is 7.91. The molecule has 5 nitrogen and oxygen atoms in total. The number of H-pyrrole nitrogens is 1. The maximum atomic E-state index is 12.3. The average molecular weight is 292 g/mol. The van der Waals surface area contributed by atoms with Crippen LogP contribution in [0.15, 0.2) is 35.1 Å². The number of hydrogen-bond acceptors (Lipinski definition) is 3. The number of rotatable bonds is 2. The fourth-order valence-corrected chi connectivity index (χ4v) is 4.36. The summed E-state index contributed by atoms with van der Waals surface area (Å²) in [5, 5.41) is 3.09. The van der Waals surface area contributed by atoms with Gasteiger partial charge in [0.2, 0.25) is 0 Å². The molecular weight excluding hydrogens is 276 g/mol. The van der Waals surface area contributed by atoms with E-state index in [-0.39, 0.29) is 23.1 Å². The molecule has 1 aromatic heterocycles. The summed E-state index contributed by atoms with van der Waals surface area (Å²) in [6, 6.07) is 9.30. The van der Waals surface area contributed by atoms with Crippen LogP contribution in [0.5, 0.6) is 0 Å². The molecular formula is C14H16N2O3S. The molecule has 3 rings (SSSR count). The van der Waals surface area contributed by atoms with Crippen molar-refractivity contribution in [3.8, 4) is 11.3 Å². The number of nitrogens with one attached hydrogen (secondary N) is 1. The molecule has 0 saturated carbocycles. The van der Waals surface area contributed by atoms with Crippen LogP contribution in [0.3, 0.4) is 0 Å². The van der Waals surface area contributed by atoms with Crippen LogP contribution in [0, 0.1) is 6.92 Å². The monoisotopic (exact) mass is 292 g/mol. The first-order valence-electron chi connectivity index (χ1n) is 6.55. The first kappa shape index (κ1) is 13.2. The van der Waals surface area contributed by atoms with Gasteiger partial charge in [-0.05, 0) is 18.9 Å². The maximum absolute atomic E-state index is 12.3. The van der Waals surface area contributed by atoms with E-state index >= 15 is 0 Å². The molecule has 106 valence electrons. The number of aromatic nitrogens is 2. The minimum absolute atomic E-state index is 0.0427. The van der Waals surface area contributed by atoms with Crippen molar-refractivity contribution in [2.24, 2.45) is 0 Å². The SMILES string of the molecule is Cc1c(-c2ccccc2)[nH]n(C2CCS(=O)(=O)C2)c1=O. The number of nitrogens with zero attached hydrogens (tertiary/aromatic N) is 1. The Labute approximate surface area is 117 Å². The Morgan fingerprint density at radius 3 is 2.55 bits per heavy atom. The van der Waals surface area contributed by atoms with Gasteiger partial charge >= 0.3 is 0 Å². The minimum atomic E-state index is -3.01. The summed E-state index contributed by atoms with van der Waals surface area (Å²) >= 11 is 0. The molecule has 1 N–H and O–H groups in total. The maximum Gasteiger partial charge on any atom is 0.270 e. The second-order valence-electron chi connectivity index (χ2n) is 5.21. The summed E-state index contributed by atoms with van der Waals surface area (Å²) in [6.45, 7) is 1.76. The van der Waals surface area contributed by atoms with Crippen molar-refractivity contribution in [2.75, 3.05) is 11.5 Å². The largest absolute Gasteiger partial charge is 0.294 e. The van der Waals surface area contributed by atoms with Gasteiger partial charge in [0.15, 0.2) is 9.84 Å². The molecule has 6 heteroatoms. The smallest absolute Gasteiger partial charge is 0.270 e. The van der Waals surface area contributed by atoms with Crippen molar-refractivity contribution in [1.29, 1.82) is 0 Å². The van der Waals surface area contributed by atoms with Gasteiger partial charge < -0.3 is 0 Å². The van der Waals surface area contributed by atoms with Crippen molar-refractivity contribution in [3.05, 3.63) is 46.2 Å². The molecule has 2 aromatic rings. The van der Waals surface area contributed by atoms with Crippen molar-refractivity contribution >= 4 is 9.84 Å². The van der Waals surface area contributed by atoms with Gasteiger partial charge in [-0.15, -0.1) is 0 Å². The summed E-state index contributed by atoms with van der Waals surface area (Å²) in [5.41, 5.74) is 2.19. The number of sulfone groups is 1. The molecule has 0 aliphatic carbocycles. The normalized spacial score (nSPS) is 21.1. The predicted molar refractivity (Wildman–Crippen MR) is 77.5 cm³/mol. The third kappa shape index (κ3) is 2.20. The Bertz CT molecular complexity index is 788. The summed E-state index contributed by atoms with van der Waals surface area (Å²) in [6.07, 6.45) is 0.496. The zero-order valence-electron chi connectivity index (χ0n) is 11.2. The second kappa shape index (κ2) is 4.63. The third-order valence-electron chi connectivity index (χ3n) is 3.78. The van der Waals surface area contributed by atoms with Gasteiger partial charge in [0.25, 0.3) is 5.56 Å². The van der Waals surface area contributed by atoms with Gasteiger partial charge in [-0.25, -0.2) is 13.1 Å². The molecule has 1 atom stereocenters. The van der Waals surface area contributed by atoms with E-state index < -0.39 is 9.84 Å². The quantitative estimate of drug-likeness (QED) is 0.912. The molecule has 0 radical (unpaired) electrons. The Kier molecular flexibility index (Phi) is 3.05. The van der Waals surface area contributed by atoms with E-state index in [1.807, 2.05) is 30.3 Å². The summed E-state index contributed by atoms with van der Waals surface area (Å²) in [5.74, 6) is 0.198. The van der Waals surface area contributed by atoms with Crippen LogP contribution in [0.4, 0.5) is 0 Å². The molecule has 0 spiro atoms. The molecule has 0 amide bonds. The zero-order chi connectivity index (χ0) is 14.3. The highest BCUT2D eigenvalue weighted by atomic mass is 32.2. The van der Waals surface area contributed by atoms with Crippen molar-refractivity contribution < 1.29 is 8.42 Å². The molecule has 0 bridgehead atoms. The third-order valence-corrected chi connectivity index (χ3v) is 5.53. The summed E-state index contributed by atoms with van der Waals surface area (Å²) in [4.78, 5) is 12.3. The number of benzene rings is 1. The van der Waals surface area contributed by atoms with Gasteiger partial charge in [0, 0.05) is 5.56 Å². The molecule has 1 aliphatic rings. The molecule has 20 heavy (non-hydrogen) atoms.